The largest absolute Gasteiger partial charge is 0.372 e. The quantitative estimate of drug-likeness (QED) is 0.260. The van der Waals surface area contributed by atoms with Gasteiger partial charge in [0.05, 0.1) is 13.2 Å². The van der Waals surface area contributed by atoms with Crippen molar-refractivity contribution in [1.82, 2.24) is 10.6 Å². The molecule has 2 N–H and O–H groups in total. The first-order valence-electron chi connectivity index (χ1n) is 11.2. The van der Waals surface area contributed by atoms with Crippen LogP contribution in [0.5, 0.6) is 0 Å². The lowest BCUT2D eigenvalue weighted by Gasteiger charge is -2.30. The van der Waals surface area contributed by atoms with Gasteiger partial charge in [0.2, 0.25) is 0 Å². The Hall–Kier alpha value is -1.45. The molecule has 2 aromatic carbocycles. The van der Waals surface area contributed by atoms with Gasteiger partial charge in [-0.1, -0.05) is 67.9 Å². The van der Waals surface area contributed by atoms with Crippen molar-refractivity contribution in [1.29, 1.82) is 0 Å². The number of benzene rings is 2. The highest BCUT2D eigenvalue weighted by Gasteiger charge is 2.26. The molecule has 0 bridgehead atoms. The van der Waals surface area contributed by atoms with E-state index in [0.29, 0.717) is 31.1 Å². The molecule has 3 atom stereocenters. The minimum Gasteiger partial charge on any atom is -0.372 e. The average molecular weight is 570 g/mol. The summed E-state index contributed by atoms with van der Waals surface area (Å²) in [6.45, 7) is 3.87. The van der Waals surface area contributed by atoms with E-state index in [-0.39, 0.29) is 24.0 Å². The molecular weight excluding hydrogens is 533 g/mol. The predicted molar refractivity (Wildman–Crippen MR) is 145 cm³/mol. The molecule has 176 valence electrons. The van der Waals surface area contributed by atoms with E-state index in [1.165, 1.54) is 16.7 Å². The van der Waals surface area contributed by atoms with Gasteiger partial charge in [0, 0.05) is 41.4 Å². The van der Waals surface area contributed by atoms with Gasteiger partial charge in [-0.3, -0.25) is 9.20 Å². The highest BCUT2D eigenvalue weighted by Crippen LogP contribution is 2.23. The lowest BCUT2D eigenvalue weighted by molar-refractivity contribution is 0.106. The van der Waals surface area contributed by atoms with Gasteiger partial charge in [0.15, 0.2) is 5.96 Å². The molecule has 7 heteroatoms. The number of guanidine groups is 1. The zero-order valence-corrected chi connectivity index (χ0v) is 22.2. The molecule has 1 saturated carbocycles. The SMILES string of the molecule is CCS(=O)C1CCCC(NC(=NC)NCc2ccccc2COCc2ccccc2)C1.I. The van der Waals surface area contributed by atoms with E-state index in [2.05, 4.69) is 46.0 Å². The van der Waals surface area contributed by atoms with E-state index in [1.807, 2.05) is 31.2 Å². The van der Waals surface area contributed by atoms with Crippen LogP contribution in [0.25, 0.3) is 0 Å². The maximum atomic E-state index is 12.2. The summed E-state index contributed by atoms with van der Waals surface area (Å²) in [7, 11) is 1.08. The molecule has 3 rings (SSSR count). The standard InChI is InChI=1S/C25H35N3O2S.HI/c1-3-31(29)24-15-9-14-23(16-24)28-25(26-2)27-17-21-12-7-8-13-22(21)19-30-18-20-10-5-4-6-11-20;/h4-8,10-13,23-24H,3,9,14-19H2,1-2H3,(H2,26,27,28);1H. The van der Waals surface area contributed by atoms with Crippen LogP contribution in [0, 0.1) is 0 Å². The predicted octanol–water partition coefficient (Wildman–Crippen LogP) is 4.77. The Kier molecular flexibility index (Phi) is 12.3. The fourth-order valence-corrected chi connectivity index (χ4v) is 5.39. The highest BCUT2D eigenvalue weighted by atomic mass is 127. The molecule has 0 spiro atoms. The molecule has 0 heterocycles. The first-order valence-corrected chi connectivity index (χ1v) is 12.6. The molecular formula is C25H36IN3O2S. The van der Waals surface area contributed by atoms with Gasteiger partial charge in [-0.15, -0.1) is 24.0 Å². The Balaban J connectivity index is 0.00000363. The smallest absolute Gasteiger partial charge is 0.191 e. The third-order valence-electron chi connectivity index (χ3n) is 5.78. The van der Waals surface area contributed by atoms with E-state index in [4.69, 9.17) is 4.74 Å². The van der Waals surface area contributed by atoms with Crippen molar-refractivity contribution in [2.24, 2.45) is 4.99 Å². The average Bonchev–Trinajstić information content (AvgIpc) is 2.82. The summed E-state index contributed by atoms with van der Waals surface area (Å²) >= 11 is 0. The summed E-state index contributed by atoms with van der Waals surface area (Å²) in [6.07, 6.45) is 4.24. The van der Waals surface area contributed by atoms with Crippen LogP contribution >= 0.6 is 24.0 Å². The highest BCUT2D eigenvalue weighted by molar-refractivity contribution is 14.0. The molecule has 0 aliphatic heterocycles. The van der Waals surface area contributed by atoms with Crippen LogP contribution < -0.4 is 10.6 Å². The van der Waals surface area contributed by atoms with Crippen molar-refractivity contribution in [3.63, 3.8) is 0 Å². The Labute approximate surface area is 212 Å². The van der Waals surface area contributed by atoms with Crippen LogP contribution in [0.4, 0.5) is 0 Å². The molecule has 0 radical (unpaired) electrons. The second-order valence-corrected chi connectivity index (χ2v) is 9.98. The number of hydrogen-bond acceptors (Lipinski definition) is 3. The first kappa shape index (κ1) is 26.8. The number of ether oxygens (including phenoxy) is 1. The van der Waals surface area contributed by atoms with Crippen LogP contribution in [0.2, 0.25) is 0 Å². The Morgan fingerprint density at radius 2 is 1.78 bits per heavy atom. The molecule has 1 fully saturated rings. The fraction of sp³-hybridized carbons (Fsp3) is 0.480. The van der Waals surface area contributed by atoms with E-state index in [9.17, 15) is 4.21 Å². The number of halogens is 1. The molecule has 32 heavy (non-hydrogen) atoms. The molecule has 2 aromatic rings. The molecule has 0 saturated heterocycles. The minimum absolute atomic E-state index is 0. The Bertz CT molecular complexity index is 863. The second kappa shape index (κ2) is 14.6. The number of rotatable bonds is 9. The fourth-order valence-electron chi connectivity index (χ4n) is 4.04. The van der Waals surface area contributed by atoms with Crippen LogP contribution in [-0.4, -0.2) is 34.3 Å². The third kappa shape index (κ3) is 8.48. The number of nitrogens with one attached hydrogen (secondary N) is 2. The molecule has 0 amide bonds. The van der Waals surface area contributed by atoms with Crippen molar-refractivity contribution in [2.45, 2.75) is 63.7 Å². The normalized spacial score (nSPS) is 19.6. The number of hydrogen-bond donors (Lipinski definition) is 2. The third-order valence-corrected chi connectivity index (χ3v) is 7.52. The van der Waals surface area contributed by atoms with Gasteiger partial charge in [0.25, 0.3) is 0 Å². The molecule has 5 nitrogen and oxygen atoms in total. The van der Waals surface area contributed by atoms with Crippen molar-refractivity contribution in [3.05, 3.63) is 71.3 Å². The van der Waals surface area contributed by atoms with Gasteiger partial charge < -0.3 is 15.4 Å². The Morgan fingerprint density at radius 3 is 2.50 bits per heavy atom. The van der Waals surface area contributed by atoms with Crippen LogP contribution in [0.1, 0.15) is 49.3 Å². The summed E-state index contributed by atoms with van der Waals surface area (Å²) in [4.78, 5) is 4.41. The van der Waals surface area contributed by atoms with Gasteiger partial charge in [-0.2, -0.15) is 0 Å². The van der Waals surface area contributed by atoms with Crippen molar-refractivity contribution in [3.8, 4) is 0 Å². The summed E-state index contributed by atoms with van der Waals surface area (Å²) in [5.41, 5.74) is 3.56. The topological polar surface area (TPSA) is 62.7 Å². The van der Waals surface area contributed by atoms with Crippen LogP contribution in [0.15, 0.2) is 59.6 Å². The molecule has 1 aliphatic carbocycles. The zero-order chi connectivity index (χ0) is 21.9. The lowest BCUT2D eigenvalue weighted by atomic mass is 9.95. The molecule has 3 unspecified atom stereocenters. The number of nitrogens with zero attached hydrogens (tertiary/aromatic N) is 1. The summed E-state index contributed by atoms with van der Waals surface area (Å²) in [5.74, 6) is 1.54. The van der Waals surface area contributed by atoms with Crippen molar-refractivity contribution >= 4 is 40.7 Å². The summed E-state index contributed by atoms with van der Waals surface area (Å²) < 4.78 is 18.2. The van der Waals surface area contributed by atoms with Crippen LogP contribution in [-0.2, 0) is 35.3 Å². The van der Waals surface area contributed by atoms with Crippen molar-refractivity contribution in [2.75, 3.05) is 12.8 Å². The summed E-state index contributed by atoms with van der Waals surface area (Å²) in [6, 6.07) is 18.9. The molecule has 0 aromatic heterocycles. The number of aliphatic imine (C=N–C) groups is 1. The minimum atomic E-state index is -0.719. The lowest BCUT2D eigenvalue weighted by Crippen LogP contribution is -2.46. The Morgan fingerprint density at radius 1 is 1.06 bits per heavy atom. The van der Waals surface area contributed by atoms with E-state index < -0.39 is 10.8 Å². The molecule has 1 aliphatic rings. The maximum Gasteiger partial charge on any atom is 0.191 e. The monoisotopic (exact) mass is 569 g/mol. The van der Waals surface area contributed by atoms with E-state index in [1.54, 1.807) is 7.05 Å². The van der Waals surface area contributed by atoms with E-state index >= 15 is 0 Å². The zero-order valence-electron chi connectivity index (χ0n) is 19.1. The van der Waals surface area contributed by atoms with Gasteiger partial charge in [-0.25, -0.2) is 0 Å². The van der Waals surface area contributed by atoms with E-state index in [0.717, 1.165) is 37.4 Å². The second-order valence-electron chi connectivity index (χ2n) is 7.97. The van der Waals surface area contributed by atoms with Gasteiger partial charge in [0.1, 0.15) is 0 Å². The van der Waals surface area contributed by atoms with Crippen molar-refractivity contribution < 1.29 is 8.95 Å². The first-order chi connectivity index (χ1) is 15.2. The van der Waals surface area contributed by atoms with Gasteiger partial charge in [-0.05, 0) is 36.0 Å². The summed E-state index contributed by atoms with van der Waals surface area (Å²) in [5, 5.41) is 7.29. The maximum absolute atomic E-state index is 12.2. The van der Waals surface area contributed by atoms with Gasteiger partial charge >= 0.3 is 0 Å². The van der Waals surface area contributed by atoms with Crippen LogP contribution in [0.3, 0.4) is 0 Å².